The van der Waals surface area contributed by atoms with E-state index in [2.05, 4.69) is 4.98 Å². The van der Waals surface area contributed by atoms with Crippen LogP contribution in [-0.2, 0) is 23.2 Å². The molecule has 3 heterocycles. The van der Waals surface area contributed by atoms with E-state index in [-0.39, 0.29) is 35.1 Å². The number of benzene rings is 1. The van der Waals surface area contributed by atoms with Gasteiger partial charge in [0.25, 0.3) is 10.2 Å². The number of nitrogens with one attached hydrogen (secondary N) is 2. The Morgan fingerprint density at radius 1 is 1.24 bits per heavy atom. The minimum atomic E-state index is -4.03. The van der Waals surface area contributed by atoms with E-state index in [1.807, 2.05) is 14.3 Å². The van der Waals surface area contributed by atoms with Crippen molar-refractivity contribution in [2.45, 2.75) is 19.4 Å². The summed E-state index contributed by atoms with van der Waals surface area (Å²) in [5, 5.41) is 0.272. The number of nitrogens with zero attached hydrogens (tertiary/aromatic N) is 3. The molecule has 11 nitrogen and oxygen atoms in total. The molecule has 2 N–H and O–H groups in total. The van der Waals surface area contributed by atoms with Crippen molar-refractivity contribution in [3.8, 4) is 5.75 Å². The molecule has 1 amide bonds. The number of hydrogen-bond donors (Lipinski definition) is 2. The lowest BCUT2D eigenvalue weighted by molar-refractivity contribution is 0.170. The zero-order valence-electron chi connectivity index (χ0n) is 20.3. The number of amides is 1. The second kappa shape index (κ2) is 10.4. The molecule has 0 bridgehead atoms. The van der Waals surface area contributed by atoms with Crippen LogP contribution in [0.1, 0.15) is 23.1 Å². The highest BCUT2D eigenvalue weighted by Crippen LogP contribution is 2.31. The Hall–Kier alpha value is -3.62. The van der Waals surface area contributed by atoms with Gasteiger partial charge in [0.1, 0.15) is 5.58 Å². The number of likely N-dealkylation sites (tertiary alicyclic amines) is 1. The van der Waals surface area contributed by atoms with Crippen LogP contribution < -0.4 is 19.8 Å². The van der Waals surface area contributed by atoms with Crippen LogP contribution in [0, 0.1) is 11.6 Å². The normalized spacial score (nSPS) is 13.9. The van der Waals surface area contributed by atoms with Crippen molar-refractivity contribution in [1.82, 2.24) is 19.5 Å². The summed E-state index contributed by atoms with van der Waals surface area (Å²) >= 11 is 0. The number of carbonyl (C=O) groups is 1. The van der Waals surface area contributed by atoms with Gasteiger partial charge in [-0.15, -0.1) is 0 Å². The van der Waals surface area contributed by atoms with Crippen molar-refractivity contribution in [3.05, 3.63) is 63.1 Å². The van der Waals surface area contributed by atoms with E-state index < -0.39 is 45.1 Å². The zero-order valence-corrected chi connectivity index (χ0v) is 21.1. The van der Waals surface area contributed by atoms with Gasteiger partial charge in [-0.05, 0) is 42.8 Å². The monoisotopic (exact) mass is 537 g/mol. The molecule has 1 aromatic carbocycles. The molecule has 198 valence electrons. The number of hydrogen-bond acceptors (Lipinski definition) is 8. The molecule has 1 aliphatic rings. The lowest BCUT2D eigenvalue weighted by atomic mass is 9.97. The van der Waals surface area contributed by atoms with E-state index in [0.29, 0.717) is 5.56 Å². The highest BCUT2D eigenvalue weighted by molar-refractivity contribution is 7.90. The highest BCUT2D eigenvalue weighted by atomic mass is 32.2. The Morgan fingerprint density at radius 3 is 2.59 bits per heavy atom. The van der Waals surface area contributed by atoms with Crippen LogP contribution in [-0.4, -0.2) is 63.5 Å². The van der Waals surface area contributed by atoms with Crippen molar-refractivity contribution in [1.29, 1.82) is 0 Å². The van der Waals surface area contributed by atoms with Crippen molar-refractivity contribution < 1.29 is 31.1 Å². The maximum Gasteiger partial charge on any atom is 0.414 e. The van der Waals surface area contributed by atoms with Gasteiger partial charge in [0, 0.05) is 57.3 Å². The Bertz CT molecular complexity index is 1520. The number of pyridine rings is 1. The van der Waals surface area contributed by atoms with Gasteiger partial charge < -0.3 is 14.1 Å². The van der Waals surface area contributed by atoms with Gasteiger partial charge in [-0.3, -0.25) is 9.62 Å². The molecule has 2 aromatic heterocycles. The molecule has 3 aromatic rings. The predicted octanol–water partition coefficient (Wildman–Crippen LogP) is 2.20. The molecule has 0 saturated carbocycles. The molecule has 0 unspecified atom stereocenters. The third-order valence-corrected chi connectivity index (χ3v) is 6.90. The average molecular weight is 538 g/mol. The number of aromatic nitrogens is 1. The lowest BCUT2D eigenvalue weighted by Crippen LogP contribution is -2.37. The molecule has 4 rings (SSSR count). The van der Waals surface area contributed by atoms with Gasteiger partial charge in [0.05, 0.1) is 0 Å². The standard InChI is InChI=1S/C23H25F2N5O6S/c1-26-37(33,34)28-21-20(25)13(5-6-27-21)9-15-16(12-30-7-4-8-30)14-10-17(24)19(36-23(32)29(2)3)11-18(14)35-22(15)31/h5-6,10-11,26H,4,7-9,12H2,1-3H3,(H,27,28). The summed E-state index contributed by atoms with van der Waals surface area (Å²) in [7, 11) is -0.00980. The smallest absolute Gasteiger partial charge is 0.414 e. The van der Waals surface area contributed by atoms with Crippen LogP contribution in [0.15, 0.2) is 33.6 Å². The van der Waals surface area contributed by atoms with E-state index in [1.165, 1.54) is 26.4 Å². The first-order valence-corrected chi connectivity index (χ1v) is 12.7. The minimum absolute atomic E-state index is 0.00454. The molecular formula is C23H25F2N5O6S. The van der Waals surface area contributed by atoms with Crippen molar-refractivity contribution in [2.75, 3.05) is 39.0 Å². The van der Waals surface area contributed by atoms with Gasteiger partial charge in [-0.2, -0.15) is 8.42 Å². The molecule has 0 spiro atoms. The number of halogens is 2. The number of carbonyl (C=O) groups excluding carboxylic acids is 1. The lowest BCUT2D eigenvalue weighted by Gasteiger charge is -2.31. The largest absolute Gasteiger partial charge is 0.422 e. The van der Waals surface area contributed by atoms with Crippen molar-refractivity contribution >= 4 is 33.1 Å². The second-order valence-corrected chi connectivity index (χ2v) is 10.3. The van der Waals surface area contributed by atoms with Crippen LogP contribution in [0.3, 0.4) is 0 Å². The Labute approximate surface area is 211 Å². The molecule has 0 aliphatic carbocycles. The Morgan fingerprint density at radius 2 is 1.97 bits per heavy atom. The van der Waals surface area contributed by atoms with Crippen molar-refractivity contribution in [3.63, 3.8) is 0 Å². The molecule has 1 aliphatic heterocycles. The second-order valence-electron chi connectivity index (χ2n) is 8.64. The summed E-state index contributed by atoms with van der Waals surface area (Å²) < 4.78 is 68.2. The predicted molar refractivity (Wildman–Crippen MR) is 131 cm³/mol. The quantitative estimate of drug-likeness (QED) is 0.418. The summed E-state index contributed by atoms with van der Waals surface area (Å²) in [5.74, 6) is -2.75. The third-order valence-electron chi connectivity index (χ3n) is 5.90. The fraction of sp³-hybridized carbons (Fsp3) is 0.348. The van der Waals surface area contributed by atoms with Crippen LogP contribution in [0.5, 0.6) is 5.75 Å². The van der Waals surface area contributed by atoms with Gasteiger partial charge in [-0.25, -0.2) is 28.1 Å². The molecular weight excluding hydrogens is 512 g/mol. The van der Waals surface area contributed by atoms with Gasteiger partial charge in [0.15, 0.2) is 23.2 Å². The first-order valence-electron chi connectivity index (χ1n) is 11.2. The topological polar surface area (TPSA) is 134 Å². The van der Waals surface area contributed by atoms with Crippen LogP contribution in [0.4, 0.5) is 19.4 Å². The zero-order chi connectivity index (χ0) is 26.9. The molecule has 14 heteroatoms. The summed E-state index contributed by atoms with van der Waals surface area (Å²) in [6, 6.07) is 3.56. The van der Waals surface area contributed by atoms with Gasteiger partial charge in [-0.1, -0.05) is 0 Å². The van der Waals surface area contributed by atoms with E-state index >= 15 is 4.39 Å². The van der Waals surface area contributed by atoms with Crippen LogP contribution >= 0.6 is 0 Å². The van der Waals surface area contributed by atoms with Crippen LogP contribution in [0.2, 0.25) is 0 Å². The molecule has 0 atom stereocenters. The summed E-state index contributed by atoms with van der Waals surface area (Å²) in [4.78, 5) is 31.9. The average Bonchev–Trinajstić information content (AvgIpc) is 2.81. The van der Waals surface area contributed by atoms with E-state index in [0.717, 1.165) is 43.6 Å². The summed E-state index contributed by atoms with van der Waals surface area (Å²) in [5.41, 5.74) is -0.274. The fourth-order valence-electron chi connectivity index (χ4n) is 3.75. The first-order chi connectivity index (χ1) is 17.5. The van der Waals surface area contributed by atoms with E-state index in [4.69, 9.17) is 9.15 Å². The number of fused-ring (bicyclic) bond motifs is 1. The number of anilines is 1. The maximum absolute atomic E-state index is 15.2. The van der Waals surface area contributed by atoms with Gasteiger partial charge in [0.2, 0.25) is 0 Å². The summed E-state index contributed by atoms with van der Waals surface area (Å²) in [6.07, 6.45) is 1.09. The highest BCUT2D eigenvalue weighted by Gasteiger charge is 2.25. The Balaban J connectivity index is 1.81. The van der Waals surface area contributed by atoms with Gasteiger partial charge >= 0.3 is 11.7 Å². The fourth-order valence-corrected chi connectivity index (χ4v) is 4.25. The summed E-state index contributed by atoms with van der Waals surface area (Å²) in [6.45, 7) is 1.81. The molecule has 1 saturated heterocycles. The maximum atomic E-state index is 15.2. The third kappa shape index (κ3) is 5.70. The molecule has 37 heavy (non-hydrogen) atoms. The van der Waals surface area contributed by atoms with Crippen molar-refractivity contribution in [2.24, 2.45) is 0 Å². The van der Waals surface area contributed by atoms with Crippen LogP contribution in [0.25, 0.3) is 11.0 Å². The SMILES string of the molecule is CNS(=O)(=O)Nc1nccc(Cc2c(CN3CCC3)c3cc(F)c(OC(=O)N(C)C)cc3oc2=O)c1F. The minimum Gasteiger partial charge on any atom is -0.422 e. The number of rotatable bonds is 8. The molecule has 0 radical (unpaired) electrons. The molecule has 1 fully saturated rings. The van der Waals surface area contributed by atoms with E-state index in [9.17, 15) is 22.4 Å². The number of ether oxygens (including phenoxy) is 1. The Kier molecular flexibility index (Phi) is 7.43. The van der Waals surface area contributed by atoms with E-state index in [1.54, 1.807) is 0 Å². The first kappa shape index (κ1) is 26.4.